The molecule has 102 valence electrons. The van der Waals surface area contributed by atoms with Crippen LogP contribution in [0.5, 0.6) is 0 Å². The summed E-state index contributed by atoms with van der Waals surface area (Å²) in [7, 11) is -1.78. The van der Waals surface area contributed by atoms with E-state index < -0.39 is 8.32 Å². The van der Waals surface area contributed by atoms with Gasteiger partial charge in [-0.2, -0.15) is 0 Å². The van der Waals surface area contributed by atoms with Gasteiger partial charge in [0, 0.05) is 11.8 Å². The summed E-state index contributed by atoms with van der Waals surface area (Å²) in [6.45, 7) is 8.26. The second-order valence-electron chi connectivity index (χ2n) is 5.62. The highest BCUT2D eigenvalue weighted by Gasteiger charge is 2.33. The van der Waals surface area contributed by atoms with E-state index in [0.717, 1.165) is 11.4 Å². The van der Waals surface area contributed by atoms with Gasteiger partial charge in [-0.25, -0.2) is 4.79 Å². The Balaban J connectivity index is 2.29. The van der Waals surface area contributed by atoms with Crippen molar-refractivity contribution in [2.45, 2.75) is 38.8 Å². The maximum Gasteiger partial charge on any atom is 0.331 e. The fourth-order valence-electron chi connectivity index (χ4n) is 1.95. The van der Waals surface area contributed by atoms with Gasteiger partial charge in [-0.1, -0.05) is 6.07 Å². The Morgan fingerprint density at radius 3 is 2.63 bits per heavy atom. The fraction of sp³-hybridized carbons (Fsp3) is 0.429. The van der Waals surface area contributed by atoms with E-state index in [1.54, 1.807) is 6.08 Å². The lowest BCUT2D eigenvalue weighted by molar-refractivity contribution is -0.142. The number of carbonyl (C=O) groups excluding carboxylic acids is 1. The molecule has 1 aliphatic rings. The van der Waals surface area contributed by atoms with Crippen molar-refractivity contribution >= 4 is 14.3 Å². The second kappa shape index (κ2) is 5.26. The third-order valence-electron chi connectivity index (χ3n) is 2.65. The molecule has 0 saturated carbocycles. The first kappa shape index (κ1) is 14.0. The van der Waals surface area contributed by atoms with Gasteiger partial charge in [-0.3, -0.25) is 4.98 Å². The second-order valence-corrected chi connectivity index (χ2v) is 10.1. The van der Waals surface area contributed by atoms with Gasteiger partial charge in [0.25, 0.3) is 0 Å². The number of pyridine rings is 1. The molecule has 0 bridgehead atoms. The number of hydrogen-bond acceptors (Lipinski definition) is 4. The van der Waals surface area contributed by atoms with E-state index in [-0.39, 0.29) is 18.2 Å². The highest BCUT2D eigenvalue weighted by atomic mass is 28.4. The van der Waals surface area contributed by atoms with E-state index in [1.807, 2.05) is 25.1 Å². The Morgan fingerprint density at radius 1 is 1.37 bits per heavy atom. The first-order chi connectivity index (χ1) is 8.85. The van der Waals surface area contributed by atoms with Crippen LogP contribution in [0.4, 0.5) is 0 Å². The van der Waals surface area contributed by atoms with Crippen molar-refractivity contribution < 1.29 is 14.0 Å². The van der Waals surface area contributed by atoms with E-state index in [0.29, 0.717) is 0 Å². The first-order valence-electron chi connectivity index (χ1n) is 6.35. The van der Waals surface area contributed by atoms with Crippen molar-refractivity contribution in [2.24, 2.45) is 0 Å². The average Bonchev–Trinajstić information content (AvgIpc) is 2.71. The highest BCUT2D eigenvalue weighted by Crippen LogP contribution is 2.29. The maximum atomic E-state index is 11.2. The zero-order valence-electron chi connectivity index (χ0n) is 11.7. The molecule has 5 heteroatoms. The summed E-state index contributed by atoms with van der Waals surface area (Å²) in [6, 6.07) is 5.79. The number of esters is 1. The van der Waals surface area contributed by atoms with Crippen molar-refractivity contribution in [3.8, 4) is 0 Å². The number of aromatic nitrogens is 1. The normalized spacial score (nSPS) is 20.4. The molecule has 0 N–H and O–H groups in total. The van der Waals surface area contributed by atoms with Gasteiger partial charge in [-0.15, -0.1) is 0 Å². The minimum atomic E-state index is -1.78. The predicted molar refractivity (Wildman–Crippen MR) is 75.2 cm³/mol. The van der Waals surface area contributed by atoms with E-state index in [1.165, 1.54) is 6.08 Å². The molecule has 1 aliphatic heterocycles. The lowest BCUT2D eigenvalue weighted by Gasteiger charge is -2.29. The smallest absolute Gasteiger partial charge is 0.331 e. The van der Waals surface area contributed by atoms with Crippen LogP contribution in [0.15, 0.2) is 30.4 Å². The highest BCUT2D eigenvalue weighted by molar-refractivity contribution is 6.69. The van der Waals surface area contributed by atoms with E-state index in [2.05, 4.69) is 24.6 Å². The van der Waals surface area contributed by atoms with Crippen LogP contribution in [-0.4, -0.2) is 25.4 Å². The fourth-order valence-corrected chi connectivity index (χ4v) is 2.96. The van der Waals surface area contributed by atoms with Crippen LogP contribution in [0.25, 0.3) is 0 Å². The lowest BCUT2D eigenvalue weighted by atomic mass is 10.1. The van der Waals surface area contributed by atoms with Crippen molar-refractivity contribution in [3.05, 3.63) is 41.7 Å². The molecule has 19 heavy (non-hydrogen) atoms. The van der Waals surface area contributed by atoms with E-state index >= 15 is 0 Å². The molecule has 1 aromatic heterocycles. The van der Waals surface area contributed by atoms with Crippen LogP contribution in [0.1, 0.15) is 17.5 Å². The van der Waals surface area contributed by atoms with Crippen LogP contribution in [-0.2, 0) is 14.0 Å². The van der Waals surface area contributed by atoms with Crippen molar-refractivity contribution in [2.75, 3.05) is 0 Å². The van der Waals surface area contributed by atoms with Gasteiger partial charge in [0.15, 0.2) is 14.4 Å². The van der Waals surface area contributed by atoms with Gasteiger partial charge in [0.05, 0.1) is 5.69 Å². The van der Waals surface area contributed by atoms with Crippen molar-refractivity contribution in [3.63, 3.8) is 0 Å². The number of rotatable bonds is 4. The summed E-state index contributed by atoms with van der Waals surface area (Å²) in [5.74, 6) is -0.318. The number of cyclic esters (lactones) is 1. The molecular weight excluding hydrogens is 258 g/mol. The average molecular weight is 277 g/mol. The zero-order valence-corrected chi connectivity index (χ0v) is 12.7. The Morgan fingerprint density at radius 2 is 2.11 bits per heavy atom. The molecule has 1 aromatic rings. The number of carbonyl (C=O) groups is 1. The third kappa shape index (κ3) is 3.75. The number of hydrogen-bond donors (Lipinski definition) is 0. The molecule has 0 aliphatic carbocycles. The summed E-state index contributed by atoms with van der Waals surface area (Å²) in [6.07, 6.45) is 2.49. The number of aryl methyl sites for hydroxylation is 1. The third-order valence-corrected chi connectivity index (χ3v) is 3.62. The molecule has 0 radical (unpaired) electrons. The zero-order chi connectivity index (χ0) is 14.0. The van der Waals surface area contributed by atoms with E-state index in [4.69, 9.17) is 9.16 Å². The van der Waals surface area contributed by atoms with Crippen molar-refractivity contribution in [1.29, 1.82) is 0 Å². The summed E-state index contributed by atoms with van der Waals surface area (Å²) in [5.41, 5.74) is 1.74. The van der Waals surface area contributed by atoms with Crippen LogP contribution in [0, 0.1) is 6.92 Å². The summed E-state index contributed by atoms with van der Waals surface area (Å²) in [5, 5.41) is 0. The maximum absolute atomic E-state index is 11.2. The van der Waals surface area contributed by atoms with Gasteiger partial charge >= 0.3 is 5.97 Å². The number of nitrogens with zero attached hydrogens (tertiary/aromatic N) is 1. The van der Waals surface area contributed by atoms with Crippen LogP contribution >= 0.6 is 0 Å². The Kier molecular flexibility index (Phi) is 3.87. The van der Waals surface area contributed by atoms with Crippen LogP contribution in [0.3, 0.4) is 0 Å². The standard InChI is InChI=1S/C14H19NO3Si/c1-10-6-5-7-11(15-10)14(18-19(2,3)4)12-8-9-13(16)17-12/h5-9,12,14H,1-4H3. The molecule has 2 rings (SSSR count). The summed E-state index contributed by atoms with van der Waals surface area (Å²) >= 11 is 0. The predicted octanol–water partition coefficient (Wildman–Crippen LogP) is 2.76. The number of ether oxygens (including phenoxy) is 1. The van der Waals surface area contributed by atoms with Crippen LogP contribution < -0.4 is 0 Å². The molecular formula is C14H19NO3Si. The minimum absolute atomic E-state index is 0.318. The quantitative estimate of drug-likeness (QED) is 0.627. The molecule has 0 saturated heterocycles. The topological polar surface area (TPSA) is 48.4 Å². The van der Waals surface area contributed by atoms with E-state index in [9.17, 15) is 4.79 Å². The molecule has 0 aromatic carbocycles. The molecule has 2 unspecified atom stereocenters. The Labute approximate surface area is 114 Å². The monoisotopic (exact) mass is 277 g/mol. The minimum Gasteiger partial charge on any atom is -0.452 e. The lowest BCUT2D eigenvalue weighted by Crippen LogP contribution is -2.34. The Bertz CT molecular complexity index is 508. The van der Waals surface area contributed by atoms with Gasteiger partial charge < -0.3 is 9.16 Å². The largest absolute Gasteiger partial charge is 0.452 e. The Hall–Kier alpha value is -1.46. The van der Waals surface area contributed by atoms with Gasteiger partial charge in [0.1, 0.15) is 6.10 Å². The molecule has 2 atom stereocenters. The summed E-state index contributed by atoms with van der Waals surface area (Å²) in [4.78, 5) is 15.7. The van der Waals surface area contributed by atoms with Crippen molar-refractivity contribution in [1.82, 2.24) is 4.98 Å². The molecule has 2 heterocycles. The molecule has 0 spiro atoms. The summed E-state index contributed by atoms with van der Waals surface area (Å²) < 4.78 is 11.4. The molecule has 4 nitrogen and oxygen atoms in total. The van der Waals surface area contributed by atoms with Crippen LogP contribution in [0.2, 0.25) is 19.6 Å². The molecule has 0 fully saturated rings. The first-order valence-corrected chi connectivity index (χ1v) is 9.76. The van der Waals surface area contributed by atoms with Gasteiger partial charge in [0.2, 0.25) is 0 Å². The molecule has 0 amide bonds. The van der Waals surface area contributed by atoms with Gasteiger partial charge in [-0.05, 0) is 44.8 Å². The SMILES string of the molecule is Cc1cccc(C(O[Si](C)(C)C)C2C=CC(=O)O2)n1.